The van der Waals surface area contributed by atoms with Crippen molar-refractivity contribution in [3.05, 3.63) is 59.7 Å². The van der Waals surface area contributed by atoms with E-state index in [1.807, 2.05) is 18.2 Å². The van der Waals surface area contributed by atoms with Gasteiger partial charge in [-0.1, -0.05) is 81.8 Å². The Bertz CT molecular complexity index is 1540. The van der Waals surface area contributed by atoms with Crippen LogP contribution in [0, 0.1) is 62.6 Å². The molecule has 9 atom stereocenters. The second kappa shape index (κ2) is 11.6. The number of esters is 1. The van der Waals surface area contributed by atoms with Crippen molar-refractivity contribution in [2.24, 2.45) is 51.2 Å². The predicted molar refractivity (Wildman–Crippen MR) is 189 cm³/mol. The molecule has 1 amide bonds. The Hall–Kier alpha value is -2.87. The normalized spacial score (nSPS) is 40.9. The highest BCUT2D eigenvalue weighted by atomic mass is 16.5. The molecule has 5 unspecified atom stereocenters. The fraction of sp³-hybridized carbons (Fsp3) is 0.698. The molecule has 1 aromatic carbocycles. The third kappa shape index (κ3) is 4.74. The summed E-state index contributed by atoms with van der Waals surface area (Å²) in [6.45, 7) is 19.4. The minimum Gasteiger partial charge on any atom is -0.462 e. The van der Waals surface area contributed by atoms with E-state index in [2.05, 4.69) is 70.4 Å². The Morgan fingerprint density at radius 3 is 2.25 bits per heavy atom. The quantitative estimate of drug-likeness (QED) is 0.241. The van der Waals surface area contributed by atoms with Gasteiger partial charge in [-0.25, -0.2) is 0 Å². The van der Waals surface area contributed by atoms with Crippen LogP contribution in [0.4, 0.5) is 0 Å². The Morgan fingerprint density at radius 2 is 1.60 bits per heavy atom. The number of piperidine rings is 1. The fourth-order valence-corrected chi connectivity index (χ4v) is 13.5. The second-order valence-electron chi connectivity index (χ2n) is 18.1. The Labute approximate surface area is 289 Å². The molecule has 0 bridgehead atoms. The average molecular weight is 651 g/mol. The number of carbonyl (C=O) groups excluding carboxylic acids is 2. The van der Waals surface area contributed by atoms with Crippen molar-refractivity contribution in [1.82, 2.24) is 4.90 Å². The number of nitrogens with zero attached hydrogens (tertiary/aromatic N) is 2. The van der Waals surface area contributed by atoms with Crippen LogP contribution in [0.5, 0.6) is 0 Å². The Kier molecular flexibility index (Phi) is 8.12. The summed E-state index contributed by atoms with van der Waals surface area (Å²) in [5, 5.41) is 10.3. The first-order valence-corrected chi connectivity index (χ1v) is 19.0. The molecule has 258 valence electrons. The van der Waals surface area contributed by atoms with Gasteiger partial charge in [0.15, 0.2) is 0 Å². The van der Waals surface area contributed by atoms with E-state index >= 15 is 0 Å². The number of hydrogen-bond donors (Lipinski definition) is 0. The molecule has 4 saturated carbocycles. The van der Waals surface area contributed by atoms with E-state index in [9.17, 15) is 14.9 Å². The first-order valence-electron chi connectivity index (χ1n) is 19.0. The predicted octanol–water partition coefficient (Wildman–Crippen LogP) is 9.19. The summed E-state index contributed by atoms with van der Waals surface area (Å²) < 4.78 is 5.94. The van der Waals surface area contributed by atoms with Crippen molar-refractivity contribution in [3.8, 4) is 6.07 Å². The topological polar surface area (TPSA) is 70.4 Å². The van der Waals surface area contributed by atoms with Gasteiger partial charge in [0.05, 0.1) is 16.9 Å². The maximum atomic E-state index is 15.0. The summed E-state index contributed by atoms with van der Waals surface area (Å²) in [7, 11) is 0. The van der Waals surface area contributed by atoms with Crippen molar-refractivity contribution in [3.63, 3.8) is 0 Å². The highest BCUT2D eigenvalue weighted by molar-refractivity contribution is 5.84. The van der Waals surface area contributed by atoms with E-state index in [0.717, 1.165) is 50.5 Å². The molecule has 1 aliphatic heterocycles. The lowest BCUT2D eigenvalue weighted by molar-refractivity contribution is -0.194. The number of ether oxygens (including phenoxy) is 1. The van der Waals surface area contributed by atoms with Crippen LogP contribution < -0.4 is 0 Å². The van der Waals surface area contributed by atoms with Gasteiger partial charge in [-0.05, 0) is 124 Å². The largest absolute Gasteiger partial charge is 0.462 e. The lowest BCUT2D eigenvalue weighted by Crippen LogP contribution is -2.62. The van der Waals surface area contributed by atoms with Crippen molar-refractivity contribution in [2.45, 2.75) is 124 Å². The minimum atomic E-state index is -0.515. The molecule has 1 aromatic rings. The van der Waals surface area contributed by atoms with Crippen LogP contribution in [-0.4, -0.2) is 36.0 Å². The first kappa shape index (κ1) is 33.6. The molecule has 5 heteroatoms. The van der Waals surface area contributed by atoms with Gasteiger partial charge < -0.3 is 9.64 Å². The van der Waals surface area contributed by atoms with Crippen LogP contribution in [-0.2, 0) is 19.7 Å². The molecular weight excluding hydrogens is 592 g/mol. The van der Waals surface area contributed by atoms with Gasteiger partial charge >= 0.3 is 5.97 Å². The number of nitriles is 1. The molecule has 5 aliphatic carbocycles. The zero-order valence-corrected chi connectivity index (χ0v) is 30.4. The lowest BCUT2D eigenvalue weighted by Gasteiger charge is -2.67. The van der Waals surface area contributed by atoms with Gasteiger partial charge in [-0.2, -0.15) is 5.26 Å². The molecule has 48 heavy (non-hydrogen) atoms. The van der Waals surface area contributed by atoms with E-state index in [1.165, 1.54) is 18.4 Å². The van der Waals surface area contributed by atoms with Gasteiger partial charge in [0, 0.05) is 25.4 Å². The number of likely N-dealkylation sites (tertiary alicyclic amines) is 1. The van der Waals surface area contributed by atoms with Gasteiger partial charge in [0.25, 0.3) is 0 Å². The van der Waals surface area contributed by atoms with Crippen LogP contribution in [0.2, 0.25) is 0 Å². The number of amides is 1. The Balaban J connectivity index is 1.18. The van der Waals surface area contributed by atoms with Crippen molar-refractivity contribution < 1.29 is 14.3 Å². The monoisotopic (exact) mass is 650 g/mol. The Morgan fingerprint density at radius 1 is 0.896 bits per heavy atom. The summed E-state index contributed by atoms with van der Waals surface area (Å²) in [6, 6.07) is 12.9. The number of benzene rings is 1. The summed E-state index contributed by atoms with van der Waals surface area (Å²) >= 11 is 0. The van der Waals surface area contributed by atoms with Gasteiger partial charge in [0.1, 0.15) is 6.10 Å². The maximum Gasteiger partial charge on any atom is 0.302 e. The summed E-state index contributed by atoms with van der Waals surface area (Å²) in [4.78, 5) is 29.2. The number of fused-ring (bicyclic) bond motifs is 7. The molecule has 5 nitrogen and oxygen atoms in total. The first-order chi connectivity index (χ1) is 22.7. The highest BCUT2D eigenvalue weighted by Gasteiger charge is 2.67. The number of carbonyl (C=O) groups is 2. The van der Waals surface area contributed by atoms with Crippen LogP contribution in [0.1, 0.15) is 118 Å². The summed E-state index contributed by atoms with van der Waals surface area (Å²) in [5.41, 5.74) is 3.38. The standard InChI is InChI=1S/C43H58N2O3/c1-28(2)31-15-21-43(38(47)45-25-23-42(27-44,24-26-45)30-11-9-8-10-12-30)22-16-33-32(37(31)43)13-14-35-40(33,6)19-17-34-39(4,5)36(48-29(3)46)18-20-41(34,35)7/h8-12,16,31-32,34-37H,1,13-15,17-26H2,2-7H3/t31-,32?,34?,35?,36?,37?,40-,41-,43-/m0/s1. The maximum absolute atomic E-state index is 15.0. The molecule has 6 aliphatic rings. The molecule has 0 radical (unpaired) electrons. The third-order valence-electron chi connectivity index (χ3n) is 15.7. The second-order valence-corrected chi connectivity index (χ2v) is 18.1. The zero-order valence-electron chi connectivity index (χ0n) is 30.4. The lowest BCUT2D eigenvalue weighted by atomic mass is 9.38. The molecular formula is C43H58N2O3. The molecule has 1 heterocycles. The minimum absolute atomic E-state index is 0.00935. The van der Waals surface area contributed by atoms with Crippen molar-refractivity contribution >= 4 is 11.9 Å². The number of allylic oxidation sites excluding steroid dienone is 3. The SMILES string of the molecule is C=C(C)[C@@H]1CC[C@]2(C(=O)N3CCC(C#N)(c4ccccc4)CC3)CC=C3C(CCC4[C@@]5(C)CCC(OC(C)=O)C(C)(C)C5CC[C@@]34C)C12. The summed E-state index contributed by atoms with van der Waals surface area (Å²) in [5.74, 6) is 2.41. The van der Waals surface area contributed by atoms with Gasteiger partial charge in [0.2, 0.25) is 5.91 Å². The van der Waals surface area contributed by atoms with E-state index in [4.69, 9.17) is 4.74 Å². The van der Waals surface area contributed by atoms with Gasteiger partial charge in [-0.3, -0.25) is 9.59 Å². The van der Waals surface area contributed by atoms with Gasteiger partial charge in [-0.15, -0.1) is 0 Å². The van der Waals surface area contributed by atoms with Crippen LogP contribution in [0.15, 0.2) is 54.1 Å². The molecule has 0 N–H and O–H groups in total. The molecule has 1 saturated heterocycles. The van der Waals surface area contributed by atoms with Crippen LogP contribution in [0.25, 0.3) is 0 Å². The molecule has 5 fully saturated rings. The summed E-state index contributed by atoms with van der Waals surface area (Å²) in [6.07, 6.45) is 13.5. The number of rotatable bonds is 4. The van der Waals surface area contributed by atoms with Crippen LogP contribution in [0.3, 0.4) is 0 Å². The van der Waals surface area contributed by atoms with E-state index < -0.39 is 5.41 Å². The smallest absolute Gasteiger partial charge is 0.302 e. The fourth-order valence-electron chi connectivity index (χ4n) is 13.5. The molecule has 0 spiro atoms. The van der Waals surface area contributed by atoms with Crippen molar-refractivity contribution in [1.29, 1.82) is 5.26 Å². The van der Waals surface area contributed by atoms with E-state index in [0.29, 0.717) is 61.4 Å². The van der Waals surface area contributed by atoms with Crippen molar-refractivity contribution in [2.75, 3.05) is 13.1 Å². The number of hydrogen-bond acceptors (Lipinski definition) is 4. The van der Waals surface area contributed by atoms with E-state index in [-0.39, 0.29) is 33.7 Å². The molecule has 0 aromatic heterocycles. The third-order valence-corrected chi connectivity index (χ3v) is 15.7. The highest BCUT2D eigenvalue weighted by Crippen LogP contribution is 2.73. The zero-order chi connectivity index (χ0) is 34.3. The molecule has 7 rings (SSSR count). The van der Waals surface area contributed by atoms with E-state index in [1.54, 1.807) is 12.5 Å². The van der Waals surface area contributed by atoms with Crippen LogP contribution >= 0.6 is 0 Å². The average Bonchev–Trinajstić information content (AvgIpc) is 3.48.